The number of likely N-dealkylation sites (tertiary alicyclic amines) is 1. The van der Waals surface area contributed by atoms with Crippen molar-refractivity contribution in [1.82, 2.24) is 10.2 Å². The number of rotatable bonds is 5. The zero-order valence-corrected chi connectivity index (χ0v) is 16.4. The van der Waals surface area contributed by atoms with Gasteiger partial charge >= 0.3 is 0 Å². The van der Waals surface area contributed by atoms with E-state index in [-0.39, 0.29) is 30.7 Å². The van der Waals surface area contributed by atoms with Crippen LogP contribution in [0.25, 0.3) is 0 Å². The molecule has 2 aromatic carbocycles. The Morgan fingerprint density at radius 2 is 1.58 bits per heavy atom. The molecule has 0 saturated carbocycles. The molecule has 0 spiro atoms. The Morgan fingerprint density at radius 1 is 0.962 bits per heavy atom. The molecule has 26 heavy (non-hydrogen) atoms. The number of halogens is 2. The first-order valence-corrected chi connectivity index (χ1v) is 8.59. The van der Waals surface area contributed by atoms with Gasteiger partial charge in [-0.1, -0.05) is 42.5 Å². The van der Waals surface area contributed by atoms with Crippen molar-refractivity contribution in [2.24, 2.45) is 0 Å². The second-order valence-corrected chi connectivity index (χ2v) is 6.52. The van der Waals surface area contributed by atoms with E-state index in [4.69, 9.17) is 5.73 Å². The van der Waals surface area contributed by atoms with Gasteiger partial charge in [0.2, 0.25) is 5.91 Å². The lowest BCUT2D eigenvalue weighted by molar-refractivity contribution is -0.121. The second kappa shape index (κ2) is 11.1. The van der Waals surface area contributed by atoms with E-state index in [1.165, 1.54) is 5.56 Å². The highest BCUT2D eigenvalue weighted by atomic mass is 35.5. The fraction of sp³-hybridized carbons (Fsp3) is 0.350. The molecular formula is C20H27Cl2N3O. The summed E-state index contributed by atoms with van der Waals surface area (Å²) in [5, 5.41) is 3.17. The maximum Gasteiger partial charge on any atom is 0.224 e. The minimum atomic E-state index is 0. The molecular weight excluding hydrogens is 369 g/mol. The topological polar surface area (TPSA) is 58.4 Å². The number of nitrogens with zero attached hydrogens (tertiary/aromatic N) is 1. The largest absolute Gasteiger partial charge is 0.399 e. The molecule has 1 aliphatic heterocycles. The number of carbonyl (C=O) groups is 1. The lowest BCUT2D eigenvalue weighted by atomic mass is 10.0. The maximum absolute atomic E-state index is 12.2. The summed E-state index contributed by atoms with van der Waals surface area (Å²) in [4.78, 5) is 14.6. The Kier molecular flexibility index (Phi) is 9.49. The summed E-state index contributed by atoms with van der Waals surface area (Å²) in [6.45, 7) is 3.05. The molecule has 4 nitrogen and oxygen atoms in total. The van der Waals surface area contributed by atoms with Crippen LogP contribution >= 0.6 is 24.8 Å². The molecule has 0 atom stereocenters. The average molecular weight is 396 g/mol. The highest BCUT2D eigenvalue weighted by Crippen LogP contribution is 2.14. The van der Waals surface area contributed by atoms with Gasteiger partial charge in [-0.3, -0.25) is 9.69 Å². The van der Waals surface area contributed by atoms with Gasteiger partial charge in [0.05, 0.1) is 6.42 Å². The van der Waals surface area contributed by atoms with Crippen LogP contribution in [0.5, 0.6) is 0 Å². The molecule has 2 aromatic rings. The van der Waals surface area contributed by atoms with Gasteiger partial charge in [0.25, 0.3) is 0 Å². The summed E-state index contributed by atoms with van der Waals surface area (Å²) in [6, 6.07) is 18.3. The molecule has 6 heteroatoms. The summed E-state index contributed by atoms with van der Waals surface area (Å²) in [7, 11) is 0. The molecule has 3 N–H and O–H groups in total. The smallest absolute Gasteiger partial charge is 0.224 e. The Hall–Kier alpha value is -1.75. The summed E-state index contributed by atoms with van der Waals surface area (Å²) < 4.78 is 0. The first kappa shape index (κ1) is 22.3. The van der Waals surface area contributed by atoms with Crippen LogP contribution in [0.3, 0.4) is 0 Å². The van der Waals surface area contributed by atoms with E-state index in [2.05, 4.69) is 34.5 Å². The monoisotopic (exact) mass is 395 g/mol. The first-order chi connectivity index (χ1) is 11.7. The highest BCUT2D eigenvalue weighted by molar-refractivity contribution is 5.85. The van der Waals surface area contributed by atoms with Crippen molar-refractivity contribution in [3.8, 4) is 0 Å². The molecule has 1 saturated heterocycles. The van der Waals surface area contributed by atoms with E-state index < -0.39 is 0 Å². The molecule has 0 aliphatic carbocycles. The van der Waals surface area contributed by atoms with Crippen LogP contribution in [0.1, 0.15) is 24.0 Å². The van der Waals surface area contributed by atoms with Crippen molar-refractivity contribution < 1.29 is 4.79 Å². The van der Waals surface area contributed by atoms with Gasteiger partial charge < -0.3 is 11.1 Å². The normalized spacial score (nSPS) is 14.8. The third kappa shape index (κ3) is 6.87. The standard InChI is InChI=1S/C20H25N3O.2ClH/c21-18-8-6-16(7-9-18)14-20(24)22-19-10-12-23(13-11-19)15-17-4-2-1-3-5-17;;/h1-9,19H,10-15,21H2,(H,22,24);2*1H. The van der Waals surface area contributed by atoms with Crippen LogP contribution in [0, 0.1) is 0 Å². The van der Waals surface area contributed by atoms with Crippen LogP contribution in [0.15, 0.2) is 54.6 Å². The molecule has 142 valence electrons. The zero-order valence-electron chi connectivity index (χ0n) is 14.8. The van der Waals surface area contributed by atoms with E-state index in [9.17, 15) is 4.79 Å². The van der Waals surface area contributed by atoms with Crippen molar-refractivity contribution >= 4 is 36.4 Å². The predicted molar refractivity (Wildman–Crippen MR) is 112 cm³/mol. The minimum Gasteiger partial charge on any atom is -0.399 e. The molecule has 0 radical (unpaired) electrons. The van der Waals surface area contributed by atoms with Gasteiger partial charge in [0.15, 0.2) is 0 Å². The summed E-state index contributed by atoms with van der Waals surface area (Å²) in [5.41, 5.74) is 8.75. The van der Waals surface area contributed by atoms with Crippen molar-refractivity contribution in [2.45, 2.75) is 31.8 Å². The highest BCUT2D eigenvalue weighted by Gasteiger charge is 2.20. The van der Waals surface area contributed by atoms with E-state index in [1.807, 2.05) is 30.3 Å². The van der Waals surface area contributed by atoms with Gasteiger partial charge in [-0.05, 0) is 36.1 Å². The Morgan fingerprint density at radius 3 is 2.19 bits per heavy atom. The van der Waals surface area contributed by atoms with E-state index in [0.717, 1.165) is 43.7 Å². The number of hydrogen-bond acceptors (Lipinski definition) is 3. The lowest BCUT2D eigenvalue weighted by Crippen LogP contribution is -2.44. The van der Waals surface area contributed by atoms with E-state index in [1.54, 1.807) is 0 Å². The van der Waals surface area contributed by atoms with Crippen LogP contribution in [-0.4, -0.2) is 29.9 Å². The molecule has 1 aliphatic rings. The van der Waals surface area contributed by atoms with Crippen LogP contribution in [-0.2, 0) is 17.8 Å². The SMILES string of the molecule is Cl.Cl.Nc1ccc(CC(=O)NC2CCN(Cc3ccccc3)CC2)cc1. The third-order valence-corrected chi connectivity index (χ3v) is 4.55. The molecule has 0 aromatic heterocycles. The third-order valence-electron chi connectivity index (χ3n) is 4.55. The Balaban J connectivity index is 0.00000169. The van der Waals surface area contributed by atoms with Gasteiger partial charge in [-0.25, -0.2) is 0 Å². The number of benzene rings is 2. The maximum atomic E-state index is 12.2. The number of nitrogens with two attached hydrogens (primary N) is 1. The summed E-state index contributed by atoms with van der Waals surface area (Å²) in [5.74, 6) is 0.0984. The van der Waals surface area contributed by atoms with Gasteiger partial charge in [0, 0.05) is 31.4 Å². The van der Waals surface area contributed by atoms with Gasteiger partial charge in [-0.15, -0.1) is 24.8 Å². The summed E-state index contributed by atoms with van der Waals surface area (Å²) >= 11 is 0. The van der Waals surface area contributed by atoms with E-state index in [0.29, 0.717) is 12.5 Å². The molecule has 1 amide bonds. The van der Waals surface area contributed by atoms with Crippen molar-refractivity contribution in [3.05, 3.63) is 65.7 Å². The van der Waals surface area contributed by atoms with Crippen molar-refractivity contribution in [2.75, 3.05) is 18.8 Å². The number of amides is 1. The molecule has 1 heterocycles. The number of nitrogens with one attached hydrogen (secondary N) is 1. The van der Waals surface area contributed by atoms with Crippen LogP contribution in [0.4, 0.5) is 5.69 Å². The van der Waals surface area contributed by atoms with Gasteiger partial charge in [0.1, 0.15) is 0 Å². The molecule has 0 unspecified atom stereocenters. The fourth-order valence-corrected chi connectivity index (χ4v) is 3.18. The molecule has 1 fully saturated rings. The van der Waals surface area contributed by atoms with Crippen LogP contribution < -0.4 is 11.1 Å². The Labute approximate surface area is 168 Å². The molecule has 3 rings (SSSR count). The number of piperidine rings is 1. The average Bonchev–Trinajstić information content (AvgIpc) is 2.60. The lowest BCUT2D eigenvalue weighted by Gasteiger charge is -2.32. The molecule has 0 bridgehead atoms. The van der Waals surface area contributed by atoms with Crippen LogP contribution in [0.2, 0.25) is 0 Å². The quantitative estimate of drug-likeness (QED) is 0.762. The summed E-state index contributed by atoms with van der Waals surface area (Å²) in [6.07, 6.45) is 2.45. The zero-order chi connectivity index (χ0) is 16.8. The van der Waals surface area contributed by atoms with E-state index >= 15 is 0 Å². The number of anilines is 1. The second-order valence-electron chi connectivity index (χ2n) is 6.52. The minimum absolute atomic E-state index is 0. The number of hydrogen-bond donors (Lipinski definition) is 2. The first-order valence-electron chi connectivity index (χ1n) is 8.59. The fourth-order valence-electron chi connectivity index (χ4n) is 3.18. The van der Waals surface area contributed by atoms with Gasteiger partial charge in [-0.2, -0.15) is 0 Å². The van der Waals surface area contributed by atoms with Crippen molar-refractivity contribution in [3.63, 3.8) is 0 Å². The number of nitrogen functional groups attached to an aromatic ring is 1. The number of carbonyl (C=O) groups excluding carboxylic acids is 1. The van der Waals surface area contributed by atoms with Crippen molar-refractivity contribution in [1.29, 1.82) is 0 Å². The predicted octanol–water partition coefficient (Wildman–Crippen LogP) is 3.44. The Bertz CT molecular complexity index is 657.